The largest absolute Gasteiger partial charge is 0.497 e. The molecule has 1 aliphatic carbocycles. The Morgan fingerprint density at radius 3 is 2.43 bits per heavy atom. The second-order valence-electron chi connectivity index (χ2n) is 7.40. The number of benzene rings is 2. The van der Waals surface area contributed by atoms with Gasteiger partial charge in [0.15, 0.2) is 0 Å². The summed E-state index contributed by atoms with van der Waals surface area (Å²) in [5, 5.41) is 3.00. The number of hydrogen-bond acceptors (Lipinski definition) is 5. The van der Waals surface area contributed by atoms with E-state index in [2.05, 4.69) is 10.0 Å². The molecule has 8 heteroatoms. The maximum Gasteiger partial charge on any atom is 0.262 e. The Hall–Kier alpha value is -2.58. The maximum atomic E-state index is 12.8. The van der Waals surface area contributed by atoms with Gasteiger partial charge in [0.1, 0.15) is 5.75 Å². The van der Waals surface area contributed by atoms with Gasteiger partial charge < -0.3 is 14.8 Å². The van der Waals surface area contributed by atoms with E-state index in [1.165, 1.54) is 19.2 Å². The second-order valence-corrected chi connectivity index (χ2v) is 9.08. The van der Waals surface area contributed by atoms with E-state index in [0.717, 1.165) is 31.2 Å². The fourth-order valence-corrected chi connectivity index (χ4v) is 4.70. The number of hydrogen-bond donors (Lipinski definition) is 2. The van der Waals surface area contributed by atoms with Gasteiger partial charge in [-0.25, -0.2) is 8.42 Å². The molecule has 0 bridgehead atoms. The lowest BCUT2D eigenvalue weighted by Crippen LogP contribution is -2.49. The first-order chi connectivity index (χ1) is 14.4. The van der Waals surface area contributed by atoms with Crippen LogP contribution in [-0.2, 0) is 25.0 Å². The summed E-state index contributed by atoms with van der Waals surface area (Å²) >= 11 is 0. The second kappa shape index (κ2) is 9.49. The number of ether oxygens (including phenoxy) is 2. The Labute approximate surface area is 177 Å². The zero-order chi connectivity index (χ0) is 21.6. The highest BCUT2D eigenvalue weighted by atomic mass is 32.2. The van der Waals surface area contributed by atoms with Crippen molar-refractivity contribution in [3.05, 3.63) is 54.1 Å². The van der Waals surface area contributed by atoms with Crippen LogP contribution < -0.4 is 14.8 Å². The van der Waals surface area contributed by atoms with Crippen LogP contribution >= 0.6 is 0 Å². The highest BCUT2D eigenvalue weighted by Gasteiger charge is 2.45. The average Bonchev–Trinajstić information content (AvgIpc) is 2.71. The fraction of sp³-hybridized carbons (Fsp3) is 0.409. The summed E-state index contributed by atoms with van der Waals surface area (Å²) in [6.07, 6.45) is 3.34. The van der Waals surface area contributed by atoms with E-state index < -0.39 is 15.4 Å². The van der Waals surface area contributed by atoms with Gasteiger partial charge in [0.2, 0.25) is 5.91 Å². The molecule has 0 atom stereocenters. The lowest BCUT2D eigenvalue weighted by Gasteiger charge is -2.40. The highest BCUT2D eigenvalue weighted by Crippen LogP contribution is 2.44. The van der Waals surface area contributed by atoms with Gasteiger partial charge in [-0.05, 0) is 49.1 Å². The van der Waals surface area contributed by atoms with Crippen molar-refractivity contribution in [1.29, 1.82) is 0 Å². The van der Waals surface area contributed by atoms with Crippen LogP contribution in [0.25, 0.3) is 0 Å². The van der Waals surface area contributed by atoms with Crippen molar-refractivity contribution in [3.63, 3.8) is 0 Å². The topological polar surface area (TPSA) is 93.7 Å². The fourth-order valence-electron chi connectivity index (χ4n) is 3.60. The summed E-state index contributed by atoms with van der Waals surface area (Å²) in [6.45, 7) is 1.18. The number of nitrogens with one attached hydrogen (secondary N) is 2. The van der Waals surface area contributed by atoms with Crippen molar-refractivity contribution in [3.8, 4) is 5.75 Å². The predicted molar refractivity (Wildman–Crippen MR) is 115 cm³/mol. The van der Waals surface area contributed by atoms with Gasteiger partial charge in [-0.15, -0.1) is 0 Å². The number of amides is 1. The van der Waals surface area contributed by atoms with Gasteiger partial charge in [-0.1, -0.05) is 24.6 Å². The molecule has 0 heterocycles. The van der Waals surface area contributed by atoms with Crippen LogP contribution in [0.2, 0.25) is 0 Å². The minimum absolute atomic E-state index is 0.0227. The molecule has 0 aromatic heterocycles. The number of methoxy groups -OCH3 is 2. The van der Waals surface area contributed by atoms with Gasteiger partial charge >= 0.3 is 0 Å². The molecule has 3 rings (SSSR count). The molecule has 1 fully saturated rings. The Kier molecular flexibility index (Phi) is 6.99. The average molecular weight is 433 g/mol. The summed E-state index contributed by atoms with van der Waals surface area (Å²) < 4.78 is 38.0. The number of anilines is 1. The molecule has 0 unspecified atom stereocenters. The van der Waals surface area contributed by atoms with E-state index in [1.807, 2.05) is 12.1 Å². The SMILES string of the molecule is COCCCNC(=O)C1(c2ccc(NS(=O)(=O)c3cccc(OC)c3)cc2)CCC1. The minimum atomic E-state index is -3.74. The number of carbonyl (C=O) groups is 1. The molecular weight excluding hydrogens is 404 g/mol. The van der Waals surface area contributed by atoms with Crippen molar-refractivity contribution < 1.29 is 22.7 Å². The quantitative estimate of drug-likeness (QED) is 0.563. The van der Waals surface area contributed by atoms with E-state index in [1.54, 1.807) is 31.4 Å². The zero-order valence-corrected chi connectivity index (χ0v) is 18.1. The van der Waals surface area contributed by atoms with Crippen LogP contribution in [0.5, 0.6) is 5.75 Å². The van der Waals surface area contributed by atoms with Crippen molar-refractivity contribution in [1.82, 2.24) is 5.32 Å². The van der Waals surface area contributed by atoms with Gasteiger partial charge in [-0.3, -0.25) is 9.52 Å². The Balaban J connectivity index is 1.71. The first-order valence-electron chi connectivity index (χ1n) is 9.96. The van der Waals surface area contributed by atoms with Crippen LogP contribution in [-0.4, -0.2) is 41.7 Å². The Bertz CT molecular complexity index is 969. The molecular formula is C22H28N2O5S. The smallest absolute Gasteiger partial charge is 0.262 e. The third-order valence-electron chi connectivity index (χ3n) is 5.49. The first kappa shape index (κ1) is 22.1. The normalized spacial score (nSPS) is 15.1. The molecule has 2 aromatic rings. The standard InChI is InChI=1S/C22H28N2O5S/c1-28-15-5-14-23-21(25)22(12-4-13-22)17-8-10-18(11-9-17)24-30(26,27)20-7-3-6-19(16-20)29-2/h3,6-11,16,24H,4-5,12-15H2,1-2H3,(H,23,25). The van der Waals surface area contributed by atoms with Crippen molar-refractivity contribution in [2.75, 3.05) is 32.1 Å². The van der Waals surface area contributed by atoms with Crippen LogP contribution in [0.15, 0.2) is 53.4 Å². The van der Waals surface area contributed by atoms with Crippen molar-refractivity contribution in [2.24, 2.45) is 0 Å². The van der Waals surface area contributed by atoms with Gasteiger partial charge in [-0.2, -0.15) is 0 Å². The van der Waals surface area contributed by atoms with E-state index in [0.29, 0.717) is 24.6 Å². The number of sulfonamides is 1. The van der Waals surface area contributed by atoms with Crippen LogP contribution in [0, 0.1) is 0 Å². The molecule has 0 saturated heterocycles. The molecule has 1 aliphatic rings. The molecule has 1 saturated carbocycles. The molecule has 0 spiro atoms. The molecule has 7 nitrogen and oxygen atoms in total. The molecule has 1 amide bonds. The summed E-state index contributed by atoms with van der Waals surface area (Å²) in [5.41, 5.74) is 0.816. The molecule has 162 valence electrons. The van der Waals surface area contributed by atoms with Gasteiger partial charge in [0, 0.05) is 32.0 Å². The number of rotatable bonds is 10. The monoisotopic (exact) mass is 432 g/mol. The predicted octanol–water partition coefficient (Wildman–Crippen LogP) is 3.07. The lowest BCUT2D eigenvalue weighted by molar-refractivity contribution is -0.129. The van der Waals surface area contributed by atoms with Crippen LogP contribution in [0.4, 0.5) is 5.69 Å². The molecule has 30 heavy (non-hydrogen) atoms. The van der Waals surface area contributed by atoms with E-state index in [4.69, 9.17) is 9.47 Å². The minimum Gasteiger partial charge on any atom is -0.497 e. The Morgan fingerprint density at radius 1 is 1.10 bits per heavy atom. The summed E-state index contributed by atoms with van der Waals surface area (Å²) in [6, 6.07) is 13.4. The third kappa shape index (κ3) is 4.76. The molecule has 2 aromatic carbocycles. The molecule has 2 N–H and O–H groups in total. The lowest BCUT2D eigenvalue weighted by atomic mass is 9.64. The molecule has 0 radical (unpaired) electrons. The summed E-state index contributed by atoms with van der Waals surface area (Å²) in [5.74, 6) is 0.492. The van der Waals surface area contributed by atoms with Crippen LogP contribution in [0.1, 0.15) is 31.2 Å². The number of carbonyl (C=O) groups excluding carboxylic acids is 1. The van der Waals surface area contributed by atoms with Crippen LogP contribution in [0.3, 0.4) is 0 Å². The highest BCUT2D eigenvalue weighted by molar-refractivity contribution is 7.92. The van der Waals surface area contributed by atoms with E-state index in [9.17, 15) is 13.2 Å². The van der Waals surface area contributed by atoms with Gasteiger partial charge in [0.25, 0.3) is 10.0 Å². The van der Waals surface area contributed by atoms with E-state index >= 15 is 0 Å². The van der Waals surface area contributed by atoms with E-state index in [-0.39, 0.29) is 10.8 Å². The summed E-state index contributed by atoms with van der Waals surface area (Å²) in [4.78, 5) is 12.9. The molecule has 0 aliphatic heterocycles. The first-order valence-corrected chi connectivity index (χ1v) is 11.4. The van der Waals surface area contributed by atoms with Crippen molar-refractivity contribution in [2.45, 2.75) is 36.0 Å². The maximum absolute atomic E-state index is 12.8. The Morgan fingerprint density at radius 2 is 1.83 bits per heavy atom. The van der Waals surface area contributed by atoms with Crippen molar-refractivity contribution >= 4 is 21.6 Å². The zero-order valence-electron chi connectivity index (χ0n) is 17.3. The third-order valence-corrected chi connectivity index (χ3v) is 6.87. The van der Waals surface area contributed by atoms with Gasteiger partial charge in [0.05, 0.1) is 17.4 Å². The summed E-state index contributed by atoms with van der Waals surface area (Å²) in [7, 11) is -0.615.